The Morgan fingerprint density at radius 1 is 1.17 bits per heavy atom. The number of nitrogens with zero attached hydrogens (tertiary/aromatic N) is 4. The van der Waals surface area contributed by atoms with E-state index in [9.17, 15) is 4.79 Å². The zero-order valence-electron chi connectivity index (χ0n) is 13.8. The van der Waals surface area contributed by atoms with E-state index in [1.54, 1.807) is 19.3 Å². The van der Waals surface area contributed by atoms with Crippen molar-refractivity contribution in [3.63, 3.8) is 0 Å². The van der Waals surface area contributed by atoms with Crippen LogP contribution in [0.15, 0.2) is 53.9 Å². The van der Waals surface area contributed by atoms with Crippen molar-refractivity contribution in [2.24, 2.45) is 0 Å². The Balaban J connectivity index is 2.16. The number of thioether (sulfide) groups is 1. The van der Waals surface area contributed by atoms with E-state index in [2.05, 4.69) is 15.2 Å². The first-order chi connectivity index (χ1) is 11.6. The predicted molar refractivity (Wildman–Crippen MR) is 95.3 cm³/mol. The van der Waals surface area contributed by atoms with Gasteiger partial charge in [-0.2, -0.15) is 0 Å². The van der Waals surface area contributed by atoms with E-state index in [4.69, 9.17) is 0 Å². The van der Waals surface area contributed by atoms with Crippen molar-refractivity contribution in [3.8, 4) is 17.1 Å². The van der Waals surface area contributed by atoms with Crippen LogP contribution in [0.4, 0.5) is 0 Å². The lowest BCUT2D eigenvalue weighted by Gasteiger charge is -2.14. The molecule has 3 aromatic rings. The summed E-state index contributed by atoms with van der Waals surface area (Å²) in [5.74, 6) is 0.831. The molecule has 0 saturated carbocycles. The van der Waals surface area contributed by atoms with Crippen molar-refractivity contribution in [3.05, 3.63) is 54.4 Å². The van der Waals surface area contributed by atoms with Crippen LogP contribution in [-0.4, -0.2) is 30.8 Å². The van der Waals surface area contributed by atoms with E-state index < -0.39 is 0 Å². The molecule has 0 aliphatic rings. The van der Waals surface area contributed by atoms with Crippen LogP contribution in [0, 0.1) is 6.92 Å². The highest BCUT2D eigenvalue weighted by molar-refractivity contribution is 8.00. The van der Waals surface area contributed by atoms with Crippen LogP contribution in [0.2, 0.25) is 0 Å². The van der Waals surface area contributed by atoms with Crippen molar-refractivity contribution in [2.45, 2.75) is 31.2 Å². The lowest BCUT2D eigenvalue weighted by Crippen LogP contribution is -2.10. The van der Waals surface area contributed by atoms with E-state index in [1.165, 1.54) is 11.8 Å². The summed E-state index contributed by atoms with van der Waals surface area (Å²) < 4.78 is 2.00. The molecule has 0 radical (unpaired) electrons. The second-order valence-corrected chi connectivity index (χ2v) is 6.85. The Kier molecular flexibility index (Phi) is 4.76. The maximum Gasteiger partial charge on any atom is 0.196 e. The van der Waals surface area contributed by atoms with Gasteiger partial charge in [0.2, 0.25) is 0 Å². The summed E-state index contributed by atoms with van der Waals surface area (Å²) in [5.41, 5.74) is 3.00. The van der Waals surface area contributed by atoms with E-state index in [0.717, 1.165) is 22.6 Å². The number of rotatable bonds is 5. The van der Waals surface area contributed by atoms with Crippen LogP contribution in [0.3, 0.4) is 0 Å². The Hall–Kier alpha value is -2.47. The first kappa shape index (κ1) is 16.4. The Bertz CT molecular complexity index is 860. The maximum absolute atomic E-state index is 11.7. The summed E-state index contributed by atoms with van der Waals surface area (Å²) in [5, 5.41) is 9.20. The van der Waals surface area contributed by atoms with Crippen molar-refractivity contribution in [1.82, 2.24) is 19.7 Å². The predicted octanol–water partition coefficient (Wildman–Crippen LogP) is 3.71. The molecular weight excluding hydrogens is 320 g/mol. The molecule has 0 aliphatic heterocycles. The minimum absolute atomic E-state index is 0.113. The van der Waals surface area contributed by atoms with Gasteiger partial charge in [-0.15, -0.1) is 10.2 Å². The number of benzene rings is 1. The molecule has 2 aromatic heterocycles. The van der Waals surface area contributed by atoms with Crippen LogP contribution in [-0.2, 0) is 4.79 Å². The summed E-state index contributed by atoms with van der Waals surface area (Å²) in [4.78, 5) is 15.8. The fourth-order valence-electron chi connectivity index (χ4n) is 2.30. The number of pyridine rings is 1. The van der Waals surface area contributed by atoms with Crippen LogP contribution in [0.25, 0.3) is 17.1 Å². The summed E-state index contributed by atoms with van der Waals surface area (Å²) in [6.07, 6.45) is 3.49. The molecule has 2 heterocycles. The molecule has 0 N–H and O–H groups in total. The molecule has 1 atom stereocenters. The lowest BCUT2D eigenvalue weighted by atomic mass is 10.2. The van der Waals surface area contributed by atoms with E-state index >= 15 is 0 Å². The topological polar surface area (TPSA) is 60.7 Å². The second kappa shape index (κ2) is 6.97. The van der Waals surface area contributed by atoms with Gasteiger partial charge in [0, 0.05) is 18.0 Å². The summed E-state index contributed by atoms with van der Waals surface area (Å²) in [6.45, 7) is 5.52. The molecular formula is C18H18N4OS. The number of hydrogen-bond acceptors (Lipinski definition) is 5. The number of Topliss-reactive ketones (excluding diaryl/α,β-unsaturated/α-hetero) is 1. The molecule has 1 aromatic carbocycles. The molecule has 1 unspecified atom stereocenters. The molecule has 122 valence electrons. The number of aromatic nitrogens is 4. The van der Waals surface area contributed by atoms with Crippen molar-refractivity contribution in [1.29, 1.82) is 0 Å². The molecule has 3 rings (SSSR count). The number of aryl methyl sites for hydroxylation is 1. The third-order valence-corrected chi connectivity index (χ3v) is 4.92. The van der Waals surface area contributed by atoms with Crippen LogP contribution in [0.5, 0.6) is 0 Å². The minimum atomic E-state index is -0.182. The van der Waals surface area contributed by atoms with Gasteiger partial charge >= 0.3 is 0 Å². The maximum atomic E-state index is 11.7. The molecule has 0 amide bonds. The van der Waals surface area contributed by atoms with E-state index in [1.807, 2.05) is 54.8 Å². The van der Waals surface area contributed by atoms with Gasteiger partial charge in [0.25, 0.3) is 0 Å². The molecule has 0 saturated heterocycles. The van der Waals surface area contributed by atoms with Gasteiger partial charge in [-0.1, -0.05) is 30.0 Å². The van der Waals surface area contributed by atoms with Crippen LogP contribution >= 0.6 is 11.8 Å². The van der Waals surface area contributed by atoms with Gasteiger partial charge in [-0.25, -0.2) is 0 Å². The Labute approximate surface area is 145 Å². The van der Waals surface area contributed by atoms with Crippen molar-refractivity contribution >= 4 is 17.5 Å². The highest BCUT2D eigenvalue weighted by Gasteiger charge is 2.20. The monoisotopic (exact) mass is 338 g/mol. The number of hydrogen-bond donors (Lipinski definition) is 0. The van der Waals surface area contributed by atoms with Crippen molar-refractivity contribution in [2.75, 3.05) is 0 Å². The number of ketones is 1. The van der Waals surface area contributed by atoms with E-state index in [0.29, 0.717) is 5.16 Å². The molecule has 5 nitrogen and oxygen atoms in total. The molecule has 6 heteroatoms. The van der Waals surface area contributed by atoms with Gasteiger partial charge in [-0.05, 0) is 44.5 Å². The highest BCUT2D eigenvalue weighted by Crippen LogP contribution is 2.31. The summed E-state index contributed by atoms with van der Waals surface area (Å²) in [7, 11) is 0. The zero-order chi connectivity index (χ0) is 17.1. The molecule has 0 bridgehead atoms. The normalized spacial score (nSPS) is 12.1. The third-order valence-electron chi connectivity index (χ3n) is 3.76. The zero-order valence-corrected chi connectivity index (χ0v) is 14.6. The Morgan fingerprint density at radius 2 is 1.96 bits per heavy atom. The van der Waals surface area contributed by atoms with Crippen molar-refractivity contribution < 1.29 is 4.79 Å². The Morgan fingerprint density at radius 3 is 2.62 bits per heavy atom. The van der Waals surface area contributed by atoms with Gasteiger partial charge < -0.3 is 0 Å². The van der Waals surface area contributed by atoms with Crippen LogP contribution < -0.4 is 0 Å². The van der Waals surface area contributed by atoms with Gasteiger partial charge in [-0.3, -0.25) is 14.3 Å². The molecule has 0 fully saturated rings. The average Bonchev–Trinajstić information content (AvgIpc) is 2.99. The highest BCUT2D eigenvalue weighted by atomic mass is 32.2. The number of carbonyl (C=O) groups is 1. The fourth-order valence-corrected chi connectivity index (χ4v) is 3.16. The SMILES string of the molecule is CC(=O)C(C)Sc1nnc(-c2cccnc2)n1-c1ccccc1C. The number of carbonyl (C=O) groups excluding carboxylic acids is 1. The first-order valence-electron chi connectivity index (χ1n) is 7.67. The first-order valence-corrected chi connectivity index (χ1v) is 8.55. The number of para-hydroxylation sites is 1. The van der Waals surface area contributed by atoms with Gasteiger partial charge in [0.05, 0.1) is 10.9 Å². The van der Waals surface area contributed by atoms with Crippen LogP contribution in [0.1, 0.15) is 19.4 Å². The smallest absolute Gasteiger partial charge is 0.196 e. The second-order valence-electron chi connectivity index (χ2n) is 5.54. The molecule has 0 spiro atoms. The van der Waals surface area contributed by atoms with E-state index in [-0.39, 0.29) is 11.0 Å². The summed E-state index contributed by atoms with van der Waals surface area (Å²) >= 11 is 1.42. The largest absolute Gasteiger partial charge is 0.299 e. The quantitative estimate of drug-likeness (QED) is 0.664. The third kappa shape index (κ3) is 3.23. The fraction of sp³-hybridized carbons (Fsp3) is 0.222. The standard InChI is InChI=1S/C18H18N4OS/c1-12-7-4-5-9-16(12)22-17(15-8-6-10-19-11-15)20-21-18(22)24-14(3)13(2)23/h4-11,14H,1-3H3. The molecule has 0 aliphatic carbocycles. The minimum Gasteiger partial charge on any atom is -0.299 e. The average molecular weight is 338 g/mol. The van der Waals surface area contributed by atoms with Gasteiger partial charge in [0.1, 0.15) is 5.78 Å². The van der Waals surface area contributed by atoms with Gasteiger partial charge in [0.15, 0.2) is 11.0 Å². The lowest BCUT2D eigenvalue weighted by molar-refractivity contribution is -0.116. The molecule has 24 heavy (non-hydrogen) atoms. The summed E-state index contributed by atoms with van der Waals surface area (Å²) in [6, 6.07) is 11.9.